The monoisotopic (exact) mass is 312 g/mol. The third-order valence-electron chi connectivity index (χ3n) is 3.72. The number of carbonyl (C=O) groups excluding carboxylic acids is 1. The fourth-order valence-electron chi connectivity index (χ4n) is 2.23. The van der Waals surface area contributed by atoms with Gasteiger partial charge in [-0.3, -0.25) is 4.79 Å². The van der Waals surface area contributed by atoms with E-state index >= 15 is 0 Å². The van der Waals surface area contributed by atoms with Crippen LogP contribution in [0.3, 0.4) is 0 Å². The molecule has 0 unspecified atom stereocenters. The third-order valence-corrected chi connectivity index (χ3v) is 3.72. The van der Waals surface area contributed by atoms with Gasteiger partial charge in [0.15, 0.2) is 11.6 Å². The first-order valence-electron chi connectivity index (χ1n) is 7.45. The van der Waals surface area contributed by atoms with Crippen molar-refractivity contribution in [2.24, 2.45) is 11.1 Å². The number of nitrogens with zero attached hydrogens (tertiary/aromatic N) is 1. The first kappa shape index (κ1) is 15.3. The summed E-state index contributed by atoms with van der Waals surface area (Å²) in [6.45, 7) is 5.81. The van der Waals surface area contributed by atoms with Gasteiger partial charge >= 0.3 is 0 Å². The van der Waals surface area contributed by atoms with Crippen LogP contribution in [0.5, 0.6) is 0 Å². The van der Waals surface area contributed by atoms with E-state index in [9.17, 15) is 4.79 Å². The Bertz CT molecular complexity index is 828. The van der Waals surface area contributed by atoms with Crippen LogP contribution in [0.1, 0.15) is 20.8 Å². The molecule has 2 aromatic heterocycles. The van der Waals surface area contributed by atoms with E-state index in [-0.39, 0.29) is 11.3 Å². The second kappa shape index (κ2) is 5.55. The molecular formula is C17H20N4O2. The van der Waals surface area contributed by atoms with Crippen LogP contribution in [-0.2, 0) is 4.79 Å². The molecule has 0 saturated heterocycles. The zero-order valence-corrected chi connectivity index (χ0v) is 13.4. The van der Waals surface area contributed by atoms with E-state index in [0.717, 1.165) is 11.0 Å². The molecule has 1 amide bonds. The molecule has 1 atom stereocenters. The highest BCUT2D eigenvalue weighted by molar-refractivity contribution is 5.96. The van der Waals surface area contributed by atoms with Gasteiger partial charge in [-0.2, -0.15) is 0 Å². The molecule has 0 spiro atoms. The number of fused-ring (bicyclic) bond motifs is 1. The van der Waals surface area contributed by atoms with E-state index in [4.69, 9.17) is 10.2 Å². The number of amides is 1. The molecule has 0 radical (unpaired) electrons. The lowest BCUT2D eigenvalue weighted by Gasteiger charge is -2.25. The minimum absolute atomic E-state index is 0.206. The topological polar surface area (TPSA) is 96.9 Å². The van der Waals surface area contributed by atoms with Crippen LogP contribution in [0.2, 0.25) is 0 Å². The van der Waals surface area contributed by atoms with E-state index in [1.807, 2.05) is 51.1 Å². The zero-order valence-electron chi connectivity index (χ0n) is 13.4. The van der Waals surface area contributed by atoms with Gasteiger partial charge in [0.05, 0.1) is 23.3 Å². The van der Waals surface area contributed by atoms with Crippen LogP contribution >= 0.6 is 0 Å². The van der Waals surface area contributed by atoms with Gasteiger partial charge in [0, 0.05) is 5.69 Å². The summed E-state index contributed by atoms with van der Waals surface area (Å²) in [6, 6.07) is 8.55. The van der Waals surface area contributed by atoms with E-state index in [0.29, 0.717) is 17.3 Å². The van der Waals surface area contributed by atoms with Crippen molar-refractivity contribution in [3.63, 3.8) is 0 Å². The largest absolute Gasteiger partial charge is 0.461 e. The van der Waals surface area contributed by atoms with Gasteiger partial charge in [-0.15, -0.1) is 0 Å². The van der Waals surface area contributed by atoms with Gasteiger partial charge in [0.25, 0.3) is 0 Å². The number of furan rings is 1. The van der Waals surface area contributed by atoms with Gasteiger partial charge in [-0.1, -0.05) is 20.8 Å². The third kappa shape index (κ3) is 3.12. The SMILES string of the molecule is CC(C)(C)[C@H](N)C(=O)Nc1ccc2nc(-c3ccco3)[nH]c2c1. The number of anilines is 1. The molecule has 0 saturated carbocycles. The van der Waals surface area contributed by atoms with Gasteiger partial charge < -0.3 is 20.5 Å². The fraction of sp³-hybridized carbons (Fsp3) is 0.294. The van der Waals surface area contributed by atoms with Crippen LogP contribution in [-0.4, -0.2) is 21.9 Å². The summed E-state index contributed by atoms with van der Waals surface area (Å²) in [5, 5.41) is 2.85. The predicted molar refractivity (Wildman–Crippen MR) is 89.9 cm³/mol. The molecule has 0 aliphatic carbocycles. The zero-order chi connectivity index (χ0) is 16.6. The summed E-state index contributed by atoms with van der Waals surface area (Å²) in [5.41, 5.74) is 7.98. The average molecular weight is 312 g/mol. The fourth-order valence-corrected chi connectivity index (χ4v) is 2.23. The van der Waals surface area contributed by atoms with Crippen molar-refractivity contribution in [1.29, 1.82) is 0 Å². The molecule has 0 aliphatic heterocycles. The maximum Gasteiger partial charge on any atom is 0.241 e. The summed E-state index contributed by atoms with van der Waals surface area (Å²) in [6.07, 6.45) is 1.60. The van der Waals surface area contributed by atoms with Gasteiger partial charge in [-0.25, -0.2) is 4.98 Å². The molecule has 0 aliphatic rings. The first-order chi connectivity index (χ1) is 10.8. The smallest absolute Gasteiger partial charge is 0.241 e. The van der Waals surface area contributed by atoms with Crippen LogP contribution < -0.4 is 11.1 Å². The molecule has 1 aromatic carbocycles. The Morgan fingerprint density at radius 3 is 2.78 bits per heavy atom. The molecule has 23 heavy (non-hydrogen) atoms. The van der Waals surface area contributed by atoms with Gasteiger partial charge in [-0.05, 0) is 35.7 Å². The molecule has 0 bridgehead atoms. The Kier molecular flexibility index (Phi) is 3.69. The lowest BCUT2D eigenvalue weighted by Crippen LogP contribution is -2.45. The van der Waals surface area contributed by atoms with Crippen LogP contribution in [0.25, 0.3) is 22.6 Å². The number of aromatic amines is 1. The summed E-state index contributed by atoms with van der Waals surface area (Å²) in [7, 11) is 0. The number of nitrogens with one attached hydrogen (secondary N) is 2. The molecular weight excluding hydrogens is 292 g/mol. The average Bonchev–Trinajstić information content (AvgIpc) is 3.13. The van der Waals surface area contributed by atoms with Crippen molar-refractivity contribution >= 4 is 22.6 Å². The highest BCUT2D eigenvalue weighted by Gasteiger charge is 2.27. The maximum atomic E-state index is 12.2. The molecule has 6 nitrogen and oxygen atoms in total. The lowest BCUT2D eigenvalue weighted by atomic mass is 9.87. The molecule has 2 heterocycles. The highest BCUT2D eigenvalue weighted by atomic mass is 16.3. The second-order valence-corrected chi connectivity index (χ2v) is 6.63. The number of hydrogen-bond acceptors (Lipinski definition) is 4. The Balaban J connectivity index is 1.84. The van der Waals surface area contributed by atoms with Crippen LogP contribution in [0, 0.1) is 5.41 Å². The van der Waals surface area contributed by atoms with Crippen LogP contribution in [0.15, 0.2) is 41.0 Å². The molecule has 4 N–H and O–H groups in total. The van der Waals surface area contributed by atoms with Crippen molar-refractivity contribution in [3.05, 3.63) is 36.6 Å². The van der Waals surface area contributed by atoms with Crippen molar-refractivity contribution in [1.82, 2.24) is 9.97 Å². The minimum atomic E-state index is -0.585. The minimum Gasteiger partial charge on any atom is -0.461 e. The number of imidazole rings is 1. The summed E-state index contributed by atoms with van der Waals surface area (Å²) in [4.78, 5) is 19.9. The first-order valence-corrected chi connectivity index (χ1v) is 7.45. The van der Waals surface area contributed by atoms with E-state index in [1.54, 1.807) is 6.26 Å². The van der Waals surface area contributed by atoms with E-state index in [2.05, 4.69) is 15.3 Å². The Morgan fingerprint density at radius 2 is 2.13 bits per heavy atom. The number of aromatic nitrogens is 2. The number of nitrogens with two attached hydrogens (primary N) is 1. The quantitative estimate of drug-likeness (QED) is 0.692. The van der Waals surface area contributed by atoms with Crippen molar-refractivity contribution in [2.75, 3.05) is 5.32 Å². The normalized spacial score (nSPS) is 13.2. The number of benzene rings is 1. The molecule has 6 heteroatoms. The second-order valence-electron chi connectivity index (χ2n) is 6.63. The Hall–Kier alpha value is -2.60. The van der Waals surface area contributed by atoms with Gasteiger partial charge in [0.2, 0.25) is 5.91 Å². The molecule has 3 rings (SSSR count). The predicted octanol–water partition coefficient (Wildman–Crippen LogP) is 3.13. The van der Waals surface area contributed by atoms with Crippen molar-refractivity contribution < 1.29 is 9.21 Å². The number of carbonyl (C=O) groups is 1. The Morgan fingerprint density at radius 1 is 1.35 bits per heavy atom. The number of hydrogen-bond donors (Lipinski definition) is 3. The number of rotatable bonds is 3. The van der Waals surface area contributed by atoms with Gasteiger partial charge in [0.1, 0.15) is 0 Å². The molecule has 0 fully saturated rings. The van der Waals surface area contributed by atoms with Crippen LogP contribution in [0.4, 0.5) is 5.69 Å². The Labute approximate surface area is 134 Å². The summed E-state index contributed by atoms with van der Waals surface area (Å²) in [5.74, 6) is 1.11. The number of H-pyrrole nitrogens is 1. The standard InChI is InChI=1S/C17H20N4O2/c1-17(2,3)14(18)16(22)19-10-6-7-11-12(9-10)21-15(20-11)13-5-4-8-23-13/h4-9,14H,18H2,1-3H3,(H,19,22)(H,20,21)/t14-/m1/s1. The van der Waals surface area contributed by atoms with E-state index in [1.165, 1.54) is 0 Å². The van der Waals surface area contributed by atoms with Crippen molar-refractivity contribution in [3.8, 4) is 11.6 Å². The summed E-state index contributed by atoms with van der Waals surface area (Å²) < 4.78 is 5.33. The molecule has 3 aromatic rings. The highest BCUT2D eigenvalue weighted by Crippen LogP contribution is 2.24. The molecule has 120 valence electrons. The lowest BCUT2D eigenvalue weighted by molar-refractivity contribution is -0.119. The summed E-state index contributed by atoms with van der Waals surface area (Å²) >= 11 is 0. The van der Waals surface area contributed by atoms with E-state index < -0.39 is 6.04 Å². The maximum absolute atomic E-state index is 12.2. The van der Waals surface area contributed by atoms with Crippen molar-refractivity contribution in [2.45, 2.75) is 26.8 Å².